The average Bonchev–Trinajstić information content (AvgIpc) is 3.13. The maximum Gasteiger partial charge on any atom is 0.240 e. The van der Waals surface area contributed by atoms with Gasteiger partial charge in [-0.05, 0) is 46.8 Å². The molecule has 0 spiro atoms. The molecule has 1 aliphatic carbocycles. The van der Waals surface area contributed by atoms with Crippen molar-refractivity contribution in [1.29, 1.82) is 0 Å². The predicted octanol–water partition coefficient (Wildman–Crippen LogP) is 2.75. The minimum atomic E-state index is 0.239. The van der Waals surface area contributed by atoms with E-state index in [1.807, 2.05) is 18.2 Å². The van der Waals surface area contributed by atoms with Gasteiger partial charge in [0, 0.05) is 5.56 Å². The first-order chi connectivity index (χ1) is 9.28. The molecule has 3 rings (SSSR count). The van der Waals surface area contributed by atoms with E-state index >= 15 is 0 Å². The maximum atomic E-state index is 5.80. The molecular weight excluding hydrogens is 310 g/mol. The minimum Gasteiger partial charge on any atom is -0.492 e. The Morgan fingerprint density at radius 2 is 2.26 bits per heavy atom. The quantitative estimate of drug-likeness (QED) is 0.915. The fourth-order valence-corrected chi connectivity index (χ4v) is 2.29. The van der Waals surface area contributed by atoms with Crippen LogP contribution in [0.2, 0.25) is 0 Å². The van der Waals surface area contributed by atoms with Gasteiger partial charge in [0.2, 0.25) is 11.7 Å². The van der Waals surface area contributed by atoms with Gasteiger partial charge in [0.1, 0.15) is 5.75 Å². The van der Waals surface area contributed by atoms with Gasteiger partial charge in [-0.25, -0.2) is 0 Å². The van der Waals surface area contributed by atoms with Crippen LogP contribution in [0.3, 0.4) is 0 Å². The summed E-state index contributed by atoms with van der Waals surface area (Å²) in [6.45, 7) is 1.00. The van der Waals surface area contributed by atoms with Crippen LogP contribution in [0.4, 0.5) is 0 Å². The Labute approximate surface area is 119 Å². The normalized spacial score (nSPS) is 14.6. The Kier molecular flexibility index (Phi) is 3.52. The first-order valence-electron chi connectivity index (χ1n) is 6.22. The van der Waals surface area contributed by atoms with Crippen LogP contribution < -0.4 is 10.5 Å². The second-order valence-electron chi connectivity index (χ2n) is 4.59. The van der Waals surface area contributed by atoms with Gasteiger partial charge in [-0.15, -0.1) is 0 Å². The lowest BCUT2D eigenvalue weighted by Crippen LogP contribution is -2.00. The van der Waals surface area contributed by atoms with Gasteiger partial charge in [-0.1, -0.05) is 11.2 Å². The van der Waals surface area contributed by atoms with E-state index in [0.717, 1.165) is 22.4 Å². The maximum absolute atomic E-state index is 5.80. The second kappa shape index (κ2) is 5.30. The molecule has 1 aromatic carbocycles. The van der Waals surface area contributed by atoms with Crippen LogP contribution in [0.1, 0.15) is 18.7 Å². The van der Waals surface area contributed by atoms with Crippen LogP contribution in [0.25, 0.3) is 11.4 Å². The van der Waals surface area contributed by atoms with E-state index in [0.29, 0.717) is 17.6 Å². The van der Waals surface area contributed by atoms with Crippen molar-refractivity contribution in [1.82, 2.24) is 10.1 Å². The van der Waals surface area contributed by atoms with Crippen molar-refractivity contribution in [2.75, 3.05) is 6.61 Å². The summed E-state index contributed by atoms with van der Waals surface area (Å²) in [5.74, 6) is 2.46. The highest BCUT2D eigenvalue weighted by Gasteiger charge is 2.23. The van der Waals surface area contributed by atoms with E-state index < -0.39 is 0 Å². The Bertz CT molecular complexity index is 581. The lowest BCUT2D eigenvalue weighted by atomic mass is 10.2. The summed E-state index contributed by atoms with van der Waals surface area (Å²) < 4.78 is 11.7. The third-order valence-electron chi connectivity index (χ3n) is 3.02. The Balaban J connectivity index is 1.85. The molecule has 1 fully saturated rings. The van der Waals surface area contributed by atoms with Crippen molar-refractivity contribution in [3.8, 4) is 17.1 Å². The summed E-state index contributed by atoms with van der Waals surface area (Å²) in [7, 11) is 0. The molecular formula is C13H14BrN3O2. The molecule has 1 saturated carbocycles. The summed E-state index contributed by atoms with van der Waals surface area (Å²) in [4.78, 5) is 4.22. The van der Waals surface area contributed by atoms with Crippen molar-refractivity contribution < 1.29 is 9.26 Å². The van der Waals surface area contributed by atoms with Gasteiger partial charge < -0.3 is 15.0 Å². The van der Waals surface area contributed by atoms with Gasteiger partial charge in [-0.3, -0.25) is 0 Å². The van der Waals surface area contributed by atoms with Crippen LogP contribution in [0.5, 0.6) is 5.75 Å². The first kappa shape index (κ1) is 12.6. The van der Waals surface area contributed by atoms with Crippen LogP contribution in [-0.4, -0.2) is 16.7 Å². The van der Waals surface area contributed by atoms with E-state index in [-0.39, 0.29) is 6.54 Å². The van der Waals surface area contributed by atoms with E-state index in [2.05, 4.69) is 26.1 Å². The van der Waals surface area contributed by atoms with Crippen LogP contribution in [0, 0.1) is 5.92 Å². The molecule has 0 aliphatic heterocycles. The van der Waals surface area contributed by atoms with Gasteiger partial charge in [0.25, 0.3) is 0 Å². The molecule has 2 aromatic rings. The lowest BCUT2D eigenvalue weighted by molar-refractivity contribution is 0.298. The van der Waals surface area contributed by atoms with Crippen molar-refractivity contribution in [2.24, 2.45) is 11.7 Å². The van der Waals surface area contributed by atoms with Gasteiger partial charge in [0.05, 0.1) is 17.6 Å². The van der Waals surface area contributed by atoms with Gasteiger partial charge in [-0.2, -0.15) is 4.98 Å². The number of aromatic nitrogens is 2. The smallest absolute Gasteiger partial charge is 0.240 e. The highest BCUT2D eigenvalue weighted by molar-refractivity contribution is 9.10. The molecule has 0 bridgehead atoms. The summed E-state index contributed by atoms with van der Waals surface area (Å²) >= 11 is 3.54. The standard InChI is InChI=1S/C13H14BrN3O2/c14-12-9(13-16-11(6-15)19-17-13)2-1-3-10(12)18-7-8-4-5-8/h1-3,8H,4-7,15H2. The predicted molar refractivity (Wildman–Crippen MR) is 73.5 cm³/mol. The second-order valence-corrected chi connectivity index (χ2v) is 5.38. The Morgan fingerprint density at radius 1 is 1.42 bits per heavy atom. The molecule has 2 N–H and O–H groups in total. The molecule has 0 atom stereocenters. The SMILES string of the molecule is NCc1nc(-c2cccc(OCC3CC3)c2Br)no1. The highest BCUT2D eigenvalue weighted by atomic mass is 79.9. The molecule has 0 unspecified atom stereocenters. The van der Waals surface area contributed by atoms with Gasteiger partial charge in [0.15, 0.2) is 0 Å². The summed E-state index contributed by atoms with van der Waals surface area (Å²) in [5, 5.41) is 3.92. The van der Waals surface area contributed by atoms with Crippen LogP contribution in [0.15, 0.2) is 27.2 Å². The number of benzene rings is 1. The van der Waals surface area contributed by atoms with E-state index in [9.17, 15) is 0 Å². The molecule has 1 aromatic heterocycles. The third kappa shape index (κ3) is 2.79. The van der Waals surface area contributed by atoms with E-state index in [1.54, 1.807) is 0 Å². The largest absolute Gasteiger partial charge is 0.492 e. The monoisotopic (exact) mass is 323 g/mol. The number of nitrogens with two attached hydrogens (primary N) is 1. The number of hydrogen-bond donors (Lipinski definition) is 1. The van der Waals surface area contributed by atoms with E-state index in [1.165, 1.54) is 12.8 Å². The number of nitrogens with zero attached hydrogens (tertiary/aromatic N) is 2. The Hall–Kier alpha value is -1.40. The molecule has 19 heavy (non-hydrogen) atoms. The molecule has 5 nitrogen and oxygen atoms in total. The van der Waals surface area contributed by atoms with Gasteiger partial charge >= 0.3 is 0 Å². The molecule has 100 valence electrons. The minimum absolute atomic E-state index is 0.239. The number of hydrogen-bond acceptors (Lipinski definition) is 5. The lowest BCUT2D eigenvalue weighted by Gasteiger charge is -2.09. The summed E-state index contributed by atoms with van der Waals surface area (Å²) in [6.07, 6.45) is 2.53. The zero-order chi connectivity index (χ0) is 13.2. The number of ether oxygens (including phenoxy) is 1. The highest BCUT2D eigenvalue weighted by Crippen LogP contribution is 2.36. The van der Waals surface area contributed by atoms with Crippen molar-refractivity contribution in [3.63, 3.8) is 0 Å². The Morgan fingerprint density at radius 3 is 2.95 bits per heavy atom. The van der Waals surface area contributed by atoms with Crippen LogP contribution in [-0.2, 0) is 6.54 Å². The molecule has 0 saturated heterocycles. The molecule has 1 heterocycles. The van der Waals surface area contributed by atoms with Crippen molar-refractivity contribution in [2.45, 2.75) is 19.4 Å². The topological polar surface area (TPSA) is 74.2 Å². The van der Waals surface area contributed by atoms with Crippen molar-refractivity contribution >= 4 is 15.9 Å². The summed E-state index contributed by atoms with van der Waals surface area (Å²) in [5.41, 5.74) is 6.31. The first-order valence-corrected chi connectivity index (χ1v) is 7.01. The fourth-order valence-electron chi connectivity index (χ4n) is 1.73. The molecule has 6 heteroatoms. The molecule has 1 aliphatic rings. The van der Waals surface area contributed by atoms with E-state index in [4.69, 9.17) is 15.0 Å². The zero-order valence-electron chi connectivity index (χ0n) is 10.3. The average molecular weight is 324 g/mol. The van der Waals surface area contributed by atoms with Crippen molar-refractivity contribution in [3.05, 3.63) is 28.6 Å². The molecule has 0 radical (unpaired) electrons. The zero-order valence-corrected chi connectivity index (χ0v) is 11.9. The molecule has 0 amide bonds. The third-order valence-corrected chi connectivity index (χ3v) is 3.84. The number of halogens is 1. The summed E-state index contributed by atoms with van der Waals surface area (Å²) in [6, 6.07) is 5.76. The number of rotatable bonds is 5. The van der Waals surface area contributed by atoms with Crippen LogP contribution >= 0.6 is 15.9 Å². The fraction of sp³-hybridized carbons (Fsp3) is 0.385.